The van der Waals surface area contributed by atoms with Crippen LogP contribution in [0.25, 0.3) is 0 Å². The summed E-state index contributed by atoms with van der Waals surface area (Å²) in [5.74, 6) is 0.932. The summed E-state index contributed by atoms with van der Waals surface area (Å²) in [6.07, 6.45) is 5.25. The monoisotopic (exact) mass is 276 g/mol. The maximum absolute atomic E-state index is 12.4. The van der Waals surface area contributed by atoms with Gasteiger partial charge in [0.25, 0.3) is 0 Å². The lowest BCUT2D eigenvalue weighted by atomic mass is 9.73. The molecule has 0 aromatic heterocycles. The van der Waals surface area contributed by atoms with E-state index in [1.807, 2.05) is 24.3 Å². The molecule has 3 N–H and O–H groups in total. The molecule has 110 valence electrons. The van der Waals surface area contributed by atoms with E-state index in [9.17, 15) is 4.79 Å². The molecular formula is C16H24N2O2. The van der Waals surface area contributed by atoms with Gasteiger partial charge in [-0.1, -0.05) is 31.4 Å². The van der Waals surface area contributed by atoms with E-state index in [1.54, 1.807) is 7.11 Å². The van der Waals surface area contributed by atoms with Crippen LogP contribution < -0.4 is 15.8 Å². The fourth-order valence-electron chi connectivity index (χ4n) is 2.87. The zero-order chi connectivity index (χ0) is 14.4. The molecule has 0 radical (unpaired) electrons. The lowest BCUT2D eigenvalue weighted by Crippen LogP contribution is -2.46. The summed E-state index contributed by atoms with van der Waals surface area (Å²) in [7, 11) is 1.64. The summed E-state index contributed by atoms with van der Waals surface area (Å²) in [5, 5.41) is 3.04. The number of hydrogen-bond acceptors (Lipinski definition) is 3. The molecule has 0 aliphatic heterocycles. The standard InChI is InChI=1S/C16H24N2O2/c1-20-14-7-5-13(6-8-14)11-18-15(19)16(12-17)9-3-2-4-10-16/h5-8H,2-4,9-12,17H2,1H3,(H,18,19). The van der Waals surface area contributed by atoms with Crippen LogP contribution in [0.2, 0.25) is 0 Å². The van der Waals surface area contributed by atoms with Crippen LogP contribution in [-0.2, 0) is 11.3 Å². The molecule has 1 amide bonds. The number of carbonyl (C=O) groups is 1. The Bertz CT molecular complexity index is 436. The Labute approximate surface area is 120 Å². The smallest absolute Gasteiger partial charge is 0.227 e. The van der Waals surface area contributed by atoms with E-state index in [0.717, 1.165) is 37.0 Å². The van der Waals surface area contributed by atoms with E-state index >= 15 is 0 Å². The third kappa shape index (κ3) is 3.31. The van der Waals surface area contributed by atoms with Crippen LogP contribution in [0.1, 0.15) is 37.7 Å². The first kappa shape index (κ1) is 14.9. The van der Waals surface area contributed by atoms with Crippen LogP contribution in [0.15, 0.2) is 24.3 Å². The van der Waals surface area contributed by atoms with Crippen molar-refractivity contribution in [1.82, 2.24) is 5.32 Å². The van der Waals surface area contributed by atoms with Crippen LogP contribution in [0.3, 0.4) is 0 Å². The molecule has 4 heteroatoms. The van der Waals surface area contributed by atoms with Gasteiger partial charge in [-0.25, -0.2) is 0 Å². The minimum Gasteiger partial charge on any atom is -0.497 e. The van der Waals surface area contributed by atoms with Gasteiger partial charge in [-0.15, -0.1) is 0 Å². The minimum atomic E-state index is -0.343. The molecular weight excluding hydrogens is 252 g/mol. The van der Waals surface area contributed by atoms with Gasteiger partial charge in [-0.2, -0.15) is 0 Å². The molecule has 0 bridgehead atoms. The molecule has 20 heavy (non-hydrogen) atoms. The van der Waals surface area contributed by atoms with Gasteiger partial charge >= 0.3 is 0 Å². The van der Waals surface area contributed by atoms with Crippen molar-refractivity contribution in [1.29, 1.82) is 0 Å². The summed E-state index contributed by atoms with van der Waals surface area (Å²) in [6.45, 7) is 0.992. The van der Waals surface area contributed by atoms with Crippen molar-refractivity contribution in [2.24, 2.45) is 11.1 Å². The fraction of sp³-hybridized carbons (Fsp3) is 0.562. The summed E-state index contributed by atoms with van der Waals surface area (Å²) >= 11 is 0. The highest BCUT2D eigenvalue weighted by molar-refractivity contribution is 5.83. The molecule has 1 aliphatic rings. The Morgan fingerprint density at radius 1 is 1.25 bits per heavy atom. The molecule has 1 fully saturated rings. The molecule has 1 aromatic carbocycles. The quantitative estimate of drug-likeness (QED) is 0.866. The first-order chi connectivity index (χ1) is 9.70. The lowest BCUT2D eigenvalue weighted by Gasteiger charge is -2.34. The number of rotatable bonds is 5. The number of nitrogens with one attached hydrogen (secondary N) is 1. The Morgan fingerprint density at radius 3 is 2.45 bits per heavy atom. The number of nitrogens with two attached hydrogens (primary N) is 1. The second-order valence-corrected chi connectivity index (χ2v) is 5.58. The van der Waals surface area contributed by atoms with Gasteiger partial charge in [-0.3, -0.25) is 4.79 Å². The molecule has 2 rings (SSSR count). The third-order valence-electron chi connectivity index (χ3n) is 4.30. The maximum Gasteiger partial charge on any atom is 0.227 e. The van der Waals surface area contributed by atoms with E-state index in [4.69, 9.17) is 10.5 Å². The molecule has 1 aromatic rings. The summed E-state index contributed by atoms with van der Waals surface area (Å²) in [5.41, 5.74) is 6.60. The second kappa shape index (κ2) is 6.75. The first-order valence-electron chi connectivity index (χ1n) is 7.31. The normalized spacial score (nSPS) is 17.5. The summed E-state index contributed by atoms with van der Waals surface area (Å²) in [6, 6.07) is 7.74. The van der Waals surface area contributed by atoms with Crippen LogP contribution in [-0.4, -0.2) is 19.6 Å². The highest BCUT2D eigenvalue weighted by atomic mass is 16.5. The van der Waals surface area contributed by atoms with E-state index < -0.39 is 0 Å². The van der Waals surface area contributed by atoms with E-state index in [-0.39, 0.29) is 11.3 Å². The molecule has 0 atom stereocenters. The van der Waals surface area contributed by atoms with Crippen molar-refractivity contribution < 1.29 is 9.53 Å². The Balaban J connectivity index is 1.93. The highest BCUT2D eigenvalue weighted by Crippen LogP contribution is 2.35. The van der Waals surface area contributed by atoms with Crippen LogP contribution >= 0.6 is 0 Å². The molecule has 1 saturated carbocycles. The van der Waals surface area contributed by atoms with Gasteiger partial charge in [0.2, 0.25) is 5.91 Å². The Hall–Kier alpha value is -1.55. The molecule has 0 spiro atoms. The number of hydrogen-bond donors (Lipinski definition) is 2. The topological polar surface area (TPSA) is 64.3 Å². The minimum absolute atomic E-state index is 0.107. The average molecular weight is 276 g/mol. The van der Waals surface area contributed by atoms with Crippen LogP contribution in [0.5, 0.6) is 5.75 Å². The maximum atomic E-state index is 12.4. The fourth-order valence-corrected chi connectivity index (χ4v) is 2.87. The Morgan fingerprint density at radius 2 is 1.90 bits per heavy atom. The molecule has 1 aliphatic carbocycles. The zero-order valence-corrected chi connectivity index (χ0v) is 12.2. The van der Waals surface area contributed by atoms with Gasteiger partial charge in [-0.05, 0) is 30.5 Å². The zero-order valence-electron chi connectivity index (χ0n) is 12.2. The number of carbonyl (C=O) groups excluding carboxylic acids is 1. The largest absolute Gasteiger partial charge is 0.497 e. The van der Waals surface area contributed by atoms with E-state index in [1.165, 1.54) is 6.42 Å². The number of benzene rings is 1. The van der Waals surface area contributed by atoms with Crippen molar-refractivity contribution in [3.05, 3.63) is 29.8 Å². The number of amides is 1. The van der Waals surface area contributed by atoms with Crippen molar-refractivity contribution in [2.75, 3.05) is 13.7 Å². The lowest BCUT2D eigenvalue weighted by molar-refractivity contribution is -0.132. The van der Waals surface area contributed by atoms with Crippen LogP contribution in [0.4, 0.5) is 0 Å². The SMILES string of the molecule is COc1ccc(CNC(=O)C2(CN)CCCCC2)cc1. The van der Waals surface area contributed by atoms with E-state index in [2.05, 4.69) is 5.32 Å². The second-order valence-electron chi connectivity index (χ2n) is 5.58. The predicted octanol–water partition coefficient (Wildman–Crippen LogP) is 2.22. The molecule has 4 nitrogen and oxygen atoms in total. The molecule has 0 heterocycles. The van der Waals surface area contributed by atoms with Crippen LogP contribution in [0, 0.1) is 5.41 Å². The number of methoxy groups -OCH3 is 1. The van der Waals surface area contributed by atoms with Crippen molar-refractivity contribution >= 4 is 5.91 Å². The first-order valence-corrected chi connectivity index (χ1v) is 7.31. The van der Waals surface area contributed by atoms with Gasteiger partial charge in [0.15, 0.2) is 0 Å². The van der Waals surface area contributed by atoms with Crippen molar-refractivity contribution in [2.45, 2.75) is 38.6 Å². The average Bonchev–Trinajstić information content (AvgIpc) is 2.53. The predicted molar refractivity (Wildman–Crippen MR) is 79.4 cm³/mol. The third-order valence-corrected chi connectivity index (χ3v) is 4.30. The molecule has 0 unspecified atom stereocenters. The summed E-state index contributed by atoms with van der Waals surface area (Å²) < 4.78 is 5.12. The van der Waals surface area contributed by atoms with Gasteiger partial charge < -0.3 is 15.8 Å². The molecule has 0 saturated heterocycles. The van der Waals surface area contributed by atoms with Crippen molar-refractivity contribution in [3.63, 3.8) is 0 Å². The van der Waals surface area contributed by atoms with Gasteiger partial charge in [0, 0.05) is 13.1 Å². The van der Waals surface area contributed by atoms with Gasteiger partial charge in [0.1, 0.15) is 5.75 Å². The highest BCUT2D eigenvalue weighted by Gasteiger charge is 2.37. The van der Waals surface area contributed by atoms with E-state index in [0.29, 0.717) is 13.1 Å². The van der Waals surface area contributed by atoms with Gasteiger partial charge in [0.05, 0.1) is 12.5 Å². The number of ether oxygens (including phenoxy) is 1. The van der Waals surface area contributed by atoms with Crippen molar-refractivity contribution in [3.8, 4) is 5.75 Å². The Kier molecular flexibility index (Phi) is 5.01. The summed E-state index contributed by atoms with van der Waals surface area (Å²) in [4.78, 5) is 12.4.